The van der Waals surface area contributed by atoms with Gasteiger partial charge in [-0.1, -0.05) is 0 Å². The monoisotopic (exact) mass is 479 g/mol. The molecule has 4 aromatic heterocycles. The van der Waals surface area contributed by atoms with Gasteiger partial charge in [-0.2, -0.15) is 23.5 Å². The van der Waals surface area contributed by atoms with E-state index in [4.69, 9.17) is 5.26 Å². The molecule has 0 saturated carbocycles. The molecule has 0 aliphatic heterocycles. The molecular formula is C24H17F4N7. The van der Waals surface area contributed by atoms with Gasteiger partial charge in [0.25, 0.3) is 0 Å². The predicted octanol–water partition coefficient (Wildman–Crippen LogP) is 5.62. The molecular weight excluding hydrogens is 462 g/mol. The topological polar surface area (TPSA) is 95.2 Å². The van der Waals surface area contributed by atoms with Gasteiger partial charge in [-0.3, -0.25) is 4.98 Å². The van der Waals surface area contributed by atoms with Crippen LogP contribution in [0.3, 0.4) is 0 Å². The molecule has 0 saturated heterocycles. The van der Waals surface area contributed by atoms with E-state index in [-0.39, 0.29) is 12.1 Å². The lowest BCUT2D eigenvalue weighted by atomic mass is 10.0. The first-order chi connectivity index (χ1) is 16.8. The van der Waals surface area contributed by atoms with Gasteiger partial charge in [0.2, 0.25) is 0 Å². The van der Waals surface area contributed by atoms with Crippen LogP contribution in [0.15, 0.2) is 49.1 Å². The minimum atomic E-state index is -4.64. The molecule has 0 bridgehead atoms. The van der Waals surface area contributed by atoms with Crippen molar-refractivity contribution in [3.63, 3.8) is 0 Å². The van der Waals surface area contributed by atoms with Crippen molar-refractivity contribution in [3.8, 4) is 22.9 Å². The Morgan fingerprint density at radius 1 is 1.17 bits per heavy atom. The molecule has 0 aliphatic carbocycles. The van der Waals surface area contributed by atoms with Gasteiger partial charge in [0.15, 0.2) is 5.69 Å². The Morgan fingerprint density at radius 3 is 2.71 bits per heavy atom. The van der Waals surface area contributed by atoms with E-state index in [1.54, 1.807) is 6.07 Å². The number of nitrogens with one attached hydrogen (secondary N) is 2. The van der Waals surface area contributed by atoms with Crippen molar-refractivity contribution >= 4 is 27.6 Å². The number of H-pyrrole nitrogens is 1. The number of nitriles is 1. The standard InChI is InChI=1S/C24H17F4N7/c1-2-31-18-9-15(25)8-16-20-22(35-6-4-19(34-35)24(26,27)28)17(12-32-23(20)33-21(16)18)14-7-13(3-5-29)10-30-11-14/h4,6-12,31H,2-3H2,1H3,(H,32,33). The van der Waals surface area contributed by atoms with E-state index in [1.807, 2.05) is 6.92 Å². The molecule has 0 spiro atoms. The molecule has 1 aromatic carbocycles. The summed E-state index contributed by atoms with van der Waals surface area (Å²) in [7, 11) is 0. The third kappa shape index (κ3) is 3.93. The van der Waals surface area contributed by atoms with Gasteiger partial charge >= 0.3 is 6.18 Å². The van der Waals surface area contributed by atoms with Crippen LogP contribution in [0.25, 0.3) is 38.8 Å². The summed E-state index contributed by atoms with van der Waals surface area (Å²) in [5.41, 5.74) is 2.22. The van der Waals surface area contributed by atoms with Gasteiger partial charge in [-0.15, -0.1) is 0 Å². The molecule has 7 nitrogen and oxygen atoms in total. The normalized spacial score (nSPS) is 11.8. The molecule has 0 fully saturated rings. The number of hydrogen-bond acceptors (Lipinski definition) is 5. The zero-order valence-electron chi connectivity index (χ0n) is 18.3. The Labute approximate surface area is 196 Å². The van der Waals surface area contributed by atoms with Crippen molar-refractivity contribution < 1.29 is 17.6 Å². The maximum Gasteiger partial charge on any atom is 0.435 e. The number of alkyl halides is 3. The van der Waals surface area contributed by atoms with Crippen molar-refractivity contribution in [1.29, 1.82) is 5.26 Å². The van der Waals surface area contributed by atoms with Crippen LogP contribution >= 0.6 is 0 Å². The van der Waals surface area contributed by atoms with Crippen molar-refractivity contribution in [2.75, 3.05) is 11.9 Å². The van der Waals surface area contributed by atoms with Gasteiger partial charge in [0, 0.05) is 47.8 Å². The number of rotatable bonds is 5. The lowest BCUT2D eigenvalue weighted by Gasteiger charge is -2.12. The third-order valence-electron chi connectivity index (χ3n) is 5.53. The number of aromatic nitrogens is 5. The second-order valence-corrected chi connectivity index (χ2v) is 7.84. The third-order valence-corrected chi connectivity index (χ3v) is 5.53. The van der Waals surface area contributed by atoms with Crippen LogP contribution in [0.2, 0.25) is 0 Å². The minimum Gasteiger partial charge on any atom is -0.384 e. The van der Waals surface area contributed by atoms with Gasteiger partial charge in [-0.05, 0) is 36.8 Å². The highest BCUT2D eigenvalue weighted by molar-refractivity contribution is 6.15. The smallest absolute Gasteiger partial charge is 0.384 e. The molecule has 5 rings (SSSR count). The molecule has 11 heteroatoms. The maximum absolute atomic E-state index is 14.6. The van der Waals surface area contributed by atoms with Gasteiger partial charge in [-0.25, -0.2) is 14.1 Å². The number of nitrogens with zero attached hydrogens (tertiary/aromatic N) is 5. The van der Waals surface area contributed by atoms with E-state index in [2.05, 4.69) is 31.4 Å². The summed E-state index contributed by atoms with van der Waals surface area (Å²) < 4.78 is 55.9. The molecule has 0 amide bonds. The Morgan fingerprint density at radius 2 is 2.00 bits per heavy atom. The van der Waals surface area contributed by atoms with Crippen LogP contribution in [0, 0.1) is 17.1 Å². The quantitative estimate of drug-likeness (QED) is 0.319. The van der Waals surface area contributed by atoms with Crippen LogP contribution in [0.1, 0.15) is 18.2 Å². The largest absolute Gasteiger partial charge is 0.435 e. The van der Waals surface area contributed by atoms with Crippen LogP contribution in [0.4, 0.5) is 23.2 Å². The highest BCUT2D eigenvalue weighted by Gasteiger charge is 2.34. The van der Waals surface area contributed by atoms with Gasteiger partial charge < -0.3 is 10.3 Å². The van der Waals surface area contributed by atoms with Crippen molar-refractivity contribution in [3.05, 3.63) is 66.1 Å². The average molecular weight is 479 g/mol. The molecule has 35 heavy (non-hydrogen) atoms. The summed E-state index contributed by atoms with van der Waals surface area (Å²) in [6, 6.07) is 7.29. The fraction of sp³-hybridized carbons (Fsp3) is 0.167. The van der Waals surface area contributed by atoms with E-state index >= 15 is 0 Å². The number of benzene rings is 1. The molecule has 0 radical (unpaired) electrons. The summed E-state index contributed by atoms with van der Waals surface area (Å²) >= 11 is 0. The second kappa shape index (κ2) is 8.39. The van der Waals surface area contributed by atoms with Crippen LogP contribution < -0.4 is 5.32 Å². The fourth-order valence-corrected chi connectivity index (χ4v) is 4.11. The highest BCUT2D eigenvalue weighted by atomic mass is 19.4. The summed E-state index contributed by atoms with van der Waals surface area (Å²) in [6.07, 6.45) is 1.24. The first-order valence-corrected chi connectivity index (χ1v) is 10.6. The van der Waals surface area contributed by atoms with E-state index in [9.17, 15) is 17.6 Å². The highest BCUT2D eigenvalue weighted by Crippen LogP contribution is 2.39. The van der Waals surface area contributed by atoms with E-state index in [1.165, 1.54) is 36.9 Å². The molecule has 176 valence electrons. The average Bonchev–Trinajstić information content (AvgIpc) is 3.45. The van der Waals surface area contributed by atoms with Crippen LogP contribution in [-0.4, -0.2) is 31.3 Å². The molecule has 0 atom stereocenters. The number of anilines is 1. The lowest BCUT2D eigenvalue weighted by Crippen LogP contribution is -2.08. The van der Waals surface area contributed by atoms with Gasteiger partial charge in [0.1, 0.15) is 11.5 Å². The van der Waals surface area contributed by atoms with Crippen molar-refractivity contribution in [2.24, 2.45) is 0 Å². The summed E-state index contributed by atoms with van der Waals surface area (Å²) in [5, 5.41) is 16.8. The Bertz CT molecular complexity index is 1610. The zero-order valence-corrected chi connectivity index (χ0v) is 18.3. The molecule has 4 heterocycles. The SMILES string of the molecule is CCNc1cc(F)cc2c1[nH]c1ncc(-c3cncc(CC#N)c3)c(-n3ccc(C(F)(F)F)n3)c12. The Balaban J connectivity index is 1.88. The first-order valence-electron chi connectivity index (χ1n) is 10.6. The molecule has 0 unspecified atom stereocenters. The van der Waals surface area contributed by atoms with Crippen LogP contribution in [-0.2, 0) is 12.6 Å². The van der Waals surface area contributed by atoms with Crippen molar-refractivity contribution in [1.82, 2.24) is 24.7 Å². The number of pyridine rings is 2. The number of fused-ring (bicyclic) bond motifs is 3. The zero-order chi connectivity index (χ0) is 24.7. The number of aromatic amines is 1. The van der Waals surface area contributed by atoms with E-state index < -0.39 is 17.7 Å². The Kier molecular flexibility index (Phi) is 5.36. The van der Waals surface area contributed by atoms with E-state index in [0.29, 0.717) is 50.9 Å². The van der Waals surface area contributed by atoms with Crippen molar-refractivity contribution in [2.45, 2.75) is 19.5 Å². The fourth-order valence-electron chi connectivity index (χ4n) is 4.11. The lowest BCUT2D eigenvalue weighted by molar-refractivity contribution is -0.141. The van der Waals surface area contributed by atoms with E-state index in [0.717, 1.165) is 10.7 Å². The summed E-state index contributed by atoms with van der Waals surface area (Å²) in [4.78, 5) is 11.8. The number of hydrogen-bond donors (Lipinski definition) is 2. The minimum absolute atomic E-state index is 0.107. The molecule has 0 aliphatic rings. The molecule has 5 aromatic rings. The predicted molar refractivity (Wildman–Crippen MR) is 122 cm³/mol. The second-order valence-electron chi connectivity index (χ2n) is 7.84. The first kappa shape index (κ1) is 22.3. The maximum atomic E-state index is 14.6. The molecule has 2 N–H and O–H groups in total. The van der Waals surface area contributed by atoms with Gasteiger partial charge in [0.05, 0.1) is 34.8 Å². The summed E-state index contributed by atoms with van der Waals surface area (Å²) in [5.74, 6) is -0.514. The van der Waals surface area contributed by atoms with Crippen LogP contribution in [0.5, 0.6) is 0 Å². The Hall–Kier alpha value is -4.46. The summed E-state index contributed by atoms with van der Waals surface area (Å²) in [6.45, 7) is 2.40. The number of halogens is 4.